The number of aromatic nitrogens is 2. The van der Waals surface area contributed by atoms with Gasteiger partial charge in [0.1, 0.15) is 0 Å². The van der Waals surface area contributed by atoms with Crippen LogP contribution >= 0.6 is 0 Å². The van der Waals surface area contributed by atoms with Crippen molar-refractivity contribution in [3.8, 4) is 0 Å². The summed E-state index contributed by atoms with van der Waals surface area (Å²) in [4.78, 5) is 0. The van der Waals surface area contributed by atoms with E-state index in [2.05, 4.69) is 53.1 Å². The van der Waals surface area contributed by atoms with E-state index in [1.165, 1.54) is 17.7 Å². The van der Waals surface area contributed by atoms with Gasteiger partial charge in [-0.05, 0) is 24.5 Å². The largest absolute Gasteiger partial charge is 0.269 e. The second-order valence-corrected chi connectivity index (χ2v) is 4.03. The Kier molecular flexibility index (Phi) is 3.76. The average Bonchev–Trinajstić information content (AvgIpc) is 2.76. The molecule has 0 saturated carbocycles. The first-order valence-electron chi connectivity index (χ1n) is 5.94. The molecule has 16 heavy (non-hydrogen) atoms. The Hall–Kier alpha value is -1.57. The molecular formula is C14H18N2. The molecule has 0 radical (unpaired) electrons. The summed E-state index contributed by atoms with van der Waals surface area (Å²) in [5.41, 5.74) is 2.72. The van der Waals surface area contributed by atoms with Crippen LogP contribution in [0.2, 0.25) is 0 Å². The Bertz CT molecular complexity index is 417. The SMILES string of the molecule is CCCc1ccnn1CCc1ccccc1. The fourth-order valence-electron chi connectivity index (χ4n) is 1.91. The van der Waals surface area contributed by atoms with Crippen LogP contribution in [0.15, 0.2) is 42.6 Å². The van der Waals surface area contributed by atoms with Gasteiger partial charge < -0.3 is 0 Å². The topological polar surface area (TPSA) is 17.8 Å². The standard InChI is InChI=1S/C14H18N2/c1-2-6-14-9-11-15-16(14)12-10-13-7-4-3-5-8-13/h3-5,7-9,11H,2,6,10,12H2,1H3. The molecule has 0 saturated heterocycles. The highest BCUT2D eigenvalue weighted by Gasteiger charge is 2.01. The van der Waals surface area contributed by atoms with Gasteiger partial charge in [0, 0.05) is 18.4 Å². The number of hydrogen-bond acceptors (Lipinski definition) is 1. The molecule has 0 aliphatic heterocycles. The molecule has 0 aliphatic rings. The third-order valence-corrected chi connectivity index (χ3v) is 2.77. The van der Waals surface area contributed by atoms with E-state index >= 15 is 0 Å². The van der Waals surface area contributed by atoms with Crippen LogP contribution in [0.3, 0.4) is 0 Å². The summed E-state index contributed by atoms with van der Waals surface area (Å²) >= 11 is 0. The van der Waals surface area contributed by atoms with Crippen LogP contribution in [-0.2, 0) is 19.4 Å². The molecule has 0 atom stereocenters. The van der Waals surface area contributed by atoms with E-state index in [1.54, 1.807) is 0 Å². The van der Waals surface area contributed by atoms with Crippen molar-refractivity contribution in [1.82, 2.24) is 9.78 Å². The minimum Gasteiger partial charge on any atom is -0.269 e. The molecule has 2 nitrogen and oxygen atoms in total. The molecule has 0 unspecified atom stereocenters. The van der Waals surface area contributed by atoms with E-state index in [9.17, 15) is 0 Å². The van der Waals surface area contributed by atoms with Gasteiger partial charge in [-0.25, -0.2) is 0 Å². The monoisotopic (exact) mass is 214 g/mol. The smallest absolute Gasteiger partial charge is 0.0492 e. The highest BCUT2D eigenvalue weighted by Crippen LogP contribution is 2.06. The number of aryl methyl sites for hydroxylation is 3. The Balaban J connectivity index is 1.97. The molecule has 2 aromatic rings. The fraction of sp³-hybridized carbons (Fsp3) is 0.357. The molecule has 84 valence electrons. The van der Waals surface area contributed by atoms with E-state index in [4.69, 9.17) is 0 Å². The van der Waals surface area contributed by atoms with Crippen LogP contribution in [0.1, 0.15) is 24.6 Å². The maximum atomic E-state index is 4.37. The quantitative estimate of drug-likeness (QED) is 0.748. The van der Waals surface area contributed by atoms with Gasteiger partial charge >= 0.3 is 0 Å². The molecule has 0 aliphatic carbocycles. The van der Waals surface area contributed by atoms with Gasteiger partial charge in [-0.2, -0.15) is 5.10 Å². The summed E-state index contributed by atoms with van der Waals surface area (Å²) in [5, 5.41) is 4.37. The summed E-state index contributed by atoms with van der Waals surface area (Å²) in [5.74, 6) is 0. The van der Waals surface area contributed by atoms with Crippen LogP contribution in [-0.4, -0.2) is 9.78 Å². The third kappa shape index (κ3) is 2.72. The second-order valence-electron chi connectivity index (χ2n) is 4.03. The molecular weight excluding hydrogens is 196 g/mol. The maximum absolute atomic E-state index is 4.37. The Labute approximate surface area is 96.9 Å². The highest BCUT2D eigenvalue weighted by atomic mass is 15.3. The van der Waals surface area contributed by atoms with Crippen LogP contribution in [0, 0.1) is 0 Å². The van der Waals surface area contributed by atoms with Crippen molar-refractivity contribution < 1.29 is 0 Å². The molecule has 0 N–H and O–H groups in total. The number of nitrogens with zero attached hydrogens (tertiary/aromatic N) is 2. The minimum absolute atomic E-state index is 0.979. The van der Waals surface area contributed by atoms with Gasteiger partial charge in [0.05, 0.1) is 0 Å². The molecule has 0 amide bonds. The van der Waals surface area contributed by atoms with E-state index in [0.29, 0.717) is 0 Å². The zero-order valence-corrected chi connectivity index (χ0v) is 9.76. The normalized spacial score (nSPS) is 10.6. The molecule has 1 heterocycles. The summed E-state index contributed by atoms with van der Waals surface area (Å²) in [6, 6.07) is 12.7. The van der Waals surface area contributed by atoms with Crippen LogP contribution in [0.25, 0.3) is 0 Å². The highest BCUT2D eigenvalue weighted by molar-refractivity contribution is 5.14. The van der Waals surface area contributed by atoms with Gasteiger partial charge in [0.2, 0.25) is 0 Å². The Morgan fingerprint density at radius 1 is 1.06 bits per heavy atom. The maximum Gasteiger partial charge on any atom is 0.0492 e. The lowest BCUT2D eigenvalue weighted by Gasteiger charge is -2.06. The van der Waals surface area contributed by atoms with Gasteiger partial charge in [-0.15, -0.1) is 0 Å². The van der Waals surface area contributed by atoms with E-state index in [0.717, 1.165) is 19.4 Å². The lowest BCUT2D eigenvalue weighted by molar-refractivity contribution is 0.580. The van der Waals surface area contributed by atoms with Crippen molar-refractivity contribution in [2.24, 2.45) is 0 Å². The van der Waals surface area contributed by atoms with Gasteiger partial charge in [0.25, 0.3) is 0 Å². The first kappa shape index (κ1) is 10.9. The van der Waals surface area contributed by atoms with Crippen molar-refractivity contribution in [1.29, 1.82) is 0 Å². The van der Waals surface area contributed by atoms with Crippen LogP contribution < -0.4 is 0 Å². The number of benzene rings is 1. The van der Waals surface area contributed by atoms with Crippen molar-refractivity contribution in [2.45, 2.75) is 32.7 Å². The second kappa shape index (κ2) is 5.50. The minimum atomic E-state index is 0.979. The lowest BCUT2D eigenvalue weighted by atomic mass is 10.1. The summed E-state index contributed by atoms with van der Waals surface area (Å²) in [6.07, 6.45) is 5.25. The van der Waals surface area contributed by atoms with E-state index in [1.807, 2.05) is 6.20 Å². The van der Waals surface area contributed by atoms with Crippen molar-refractivity contribution in [3.63, 3.8) is 0 Å². The lowest BCUT2D eigenvalue weighted by Crippen LogP contribution is -2.07. The van der Waals surface area contributed by atoms with Crippen molar-refractivity contribution >= 4 is 0 Å². The molecule has 0 fully saturated rings. The molecule has 1 aromatic heterocycles. The van der Waals surface area contributed by atoms with Crippen LogP contribution in [0.4, 0.5) is 0 Å². The van der Waals surface area contributed by atoms with Gasteiger partial charge in [-0.1, -0.05) is 43.7 Å². The van der Waals surface area contributed by atoms with Crippen molar-refractivity contribution in [3.05, 3.63) is 53.9 Å². The molecule has 2 rings (SSSR count). The molecule has 0 spiro atoms. The number of hydrogen-bond donors (Lipinski definition) is 0. The van der Waals surface area contributed by atoms with Gasteiger partial charge in [-0.3, -0.25) is 4.68 Å². The first-order chi connectivity index (χ1) is 7.90. The predicted molar refractivity (Wildman–Crippen MR) is 66.4 cm³/mol. The third-order valence-electron chi connectivity index (χ3n) is 2.77. The van der Waals surface area contributed by atoms with E-state index < -0.39 is 0 Å². The number of rotatable bonds is 5. The summed E-state index contributed by atoms with van der Waals surface area (Å²) in [6.45, 7) is 3.18. The summed E-state index contributed by atoms with van der Waals surface area (Å²) < 4.78 is 2.12. The molecule has 2 heteroatoms. The Morgan fingerprint density at radius 2 is 1.88 bits per heavy atom. The van der Waals surface area contributed by atoms with Crippen molar-refractivity contribution in [2.75, 3.05) is 0 Å². The van der Waals surface area contributed by atoms with Crippen LogP contribution in [0.5, 0.6) is 0 Å². The predicted octanol–water partition coefficient (Wildman–Crippen LogP) is 3.08. The first-order valence-corrected chi connectivity index (χ1v) is 5.94. The van der Waals surface area contributed by atoms with E-state index in [-0.39, 0.29) is 0 Å². The zero-order valence-electron chi connectivity index (χ0n) is 9.76. The van der Waals surface area contributed by atoms with Gasteiger partial charge in [0.15, 0.2) is 0 Å². The average molecular weight is 214 g/mol. The summed E-state index contributed by atoms with van der Waals surface area (Å²) in [7, 11) is 0. The zero-order chi connectivity index (χ0) is 11.2. The molecule has 1 aromatic carbocycles. The Morgan fingerprint density at radius 3 is 2.62 bits per heavy atom. The molecule has 0 bridgehead atoms. The fourth-order valence-corrected chi connectivity index (χ4v) is 1.91.